The van der Waals surface area contributed by atoms with Crippen molar-refractivity contribution in [1.29, 1.82) is 0 Å². The number of aromatic amines is 1. The lowest BCUT2D eigenvalue weighted by molar-refractivity contribution is -0.117. The van der Waals surface area contributed by atoms with Gasteiger partial charge in [-0.2, -0.15) is 0 Å². The molecule has 0 atom stereocenters. The minimum atomic E-state index is 0. The highest BCUT2D eigenvalue weighted by Gasteiger charge is 2.29. The first-order valence-electron chi connectivity index (χ1n) is 7.57. The average Bonchev–Trinajstić information content (AvgIpc) is 3.27. The van der Waals surface area contributed by atoms with Gasteiger partial charge in [-0.1, -0.05) is 18.2 Å². The van der Waals surface area contributed by atoms with Gasteiger partial charge in [0.1, 0.15) is 5.82 Å². The lowest BCUT2D eigenvalue weighted by Crippen LogP contribution is -2.13. The topological polar surface area (TPSA) is 57.8 Å². The van der Waals surface area contributed by atoms with E-state index in [2.05, 4.69) is 34.3 Å². The Morgan fingerprint density at radius 3 is 2.83 bits per heavy atom. The highest BCUT2D eigenvalue weighted by molar-refractivity contribution is 5.94. The van der Waals surface area contributed by atoms with Gasteiger partial charge >= 0.3 is 0 Å². The number of rotatable bonds is 3. The van der Waals surface area contributed by atoms with Crippen LogP contribution in [0.3, 0.4) is 0 Å². The standard InChI is InChI=1S/C18H17N3O.ClH/c1-11-5-8-15-16(9-11)21-17(20-15)13-3-2-4-14(10-13)19-18(22)12-6-7-12;/h2-5,8-10,12H,6-7H2,1H3,(H,19,22)(H,20,21);1H. The van der Waals surface area contributed by atoms with Crippen LogP contribution in [0.1, 0.15) is 18.4 Å². The van der Waals surface area contributed by atoms with Crippen LogP contribution in [-0.4, -0.2) is 15.9 Å². The summed E-state index contributed by atoms with van der Waals surface area (Å²) >= 11 is 0. The quantitative estimate of drug-likeness (QED) is 0.753. The van der Waals surface area contributed by atoms with Gasteiger partial charge in [0, 0.05) is 17.2 Å². The Bertz CT molecular complexity index is 868. The molecule has 1 saturated carbocycles. The van der Waals surface area contributed by atoms with Crippen LogP contribution in [0, 0.1) is 12.8 Å². The van der Waals surface area contributed by atoms with Crippen LogP contribution in [0.15, 0.2) is 42.5 Å². The number of benzene rings is 2. The number of halogens is 1. The fourth-order valence-electron chi connectivity index (χ4n) is 2.59. The molecule has 2 N–H and O–H groups in total. The summed E-state index contributed by atoms with van der Waals surface area (Å²) in [6, 6.07) is 14.0. The van der Waals surface area contributed by atoms with E-state index in [-0.39, 0.29) is 24.2 Å². The van der Waals surface area contributed by atoms with Crippen molar-refractivity contribution in [2.45, 2.75) is 19.8 Å². The molecule has 0 aliphatic heterocycles. The first-order chi connectivity index (χ1) is 10.7. The normalized spacial score (nSPS) is 13.6. The fourth-order valence-corrected chi connectivity index (χ4v) is 2.59. The van der Waals surface area contributed by atoms with Gasteiger partial charge in [0.15, 0.2) is 0 Å². The van der Waals surface area contributed by atoms with Crippen LogP contribution >= 0.6 is 12.4 Å². The number of H-pyrrole nitrogens is 1. The van der Waals surface area contributed by atoms with Crippen molar-refractivity contribution in [3.8, 4) is 11.4 Å². The number of fused-ring (bicyclic) bond motifs is 1. The van der Waals surface area contributed by atoms with Crippen molar-refractivity contribution in [3.05, 3.63) is 48.0 Å². The Morgan fingerprint density at radius 1 is 1.22 bits per heavy atom. The van der Waals surface area contributed by atoms with Gasteiger partial charge in [0.2, 0.25) is 5.91 Å². The SMILES string of the molecule is Cc1ccc2nc(-c3cccc(NC(=O)C4CC4)c3)[nH]c2c1.Cl. The minimum Gasteiger partial charge on any atom is -0.338 e. The number of aromatic nitrogens is 2. The van der Waals surface area contributed by atoms with Gasteiger partial charge in [-0.15, -0.1) is 12.4 Å². The summed E-state index contributed by atoms with van der Waals surface area (Å²) in [7, 11) is 0. The smallest absolute Gasteiger partial charge is 0.227 e. The predicted octanol–water partition coefficient (Wildman–Crippen LogP) is 4.31. The van der Waals surface area contributed by atoms with Crippen molar-refractivity contribution >= 4 is 35.0 Å². The van der Waals surface area contributed by atoms with E-state index in [1.54, 1.807) is 0 Å². The molecule has 4 nitrogen and oxygen atoms in total. The van der Waals surface area contributed by atoms with E-state index in [1.165, 1.54) is 5.56 Å². The van der Waals surface area contributed by atoms with E-state index < -0.39 is 0 Å². The molecule has 0 bridgehead atoms. The summed E-state index contributed by atoms with van der Waals surface area (Å²) in [6.07, 6.45) is 2.02. The summed E-state index contributed by atoms with van der Waals surface area (Å²) in [5.41, 5.74) is 4.98. The molecule has 1 aliphatic carbocycles. The fraction of sp³-hybridized carbons (Fsp3) is 0.222. The summed E-state index contributed by atoms with van der Waals surface area (Å²) in [6.45, 7) is 2.06. The molecular weight excluding hydrogens is 310 g/mol. The maximum absolute atomic E-state index is 11.9. The lowest BCUT2D eigenvalue weighted by atomic mass is 10.2. The van der Waals surface area contributed by atoms with Gasteiger partial charge in [-0.05, 0) is 49.6 Å². The second-order valence-corrected chi connectivity index (χ2v) is 5.95. The third-order valence-electron chi connectivity index (χ3n) is 3.99. The molecule has 118 valence electrons. The molecule has 0 unspecified atom stereocenters. The second-order valence-electron chi connectivity index (χ2n) is 5.95. The van der Waals surface area contributed by atoms with Crippen molar-refractivity contribution < 1.29 is 4.79 Å². The van der Waals surface area contributed by atoms with Crippen molar-refractivity contribution in [1.82, 2.24) is 9.97 Å². The number of amides is 1. The van der Waals surface area contributed by atoms with Gasteiger partial charge in [-0.3, -0.25) is 4.79 Å². The van der Waals surface area contributed by atoms with E-state index in [1.807, 2.05) is 30.3 Å². The Hall–Kier alpha value is -2.33. The first-order valence-corrected chi connectivity index (χ1v) is 7.57. The summed E-state index contributed by atoms with van der Waals surface area (Å²) in [5, 5.41) is 2.98. The largest absolute Gasteiger partial charge is 0.338 e. The molecule has 0 saturated heterocycles. The third-order valence-corrected chi connectivity index (χ3v) is 3.99. The van der Waals surface area contributed by atoms with Crippen molar-refractivity contribution in [2.24, 2.45) is 5.92 Å². The highest BCUT2D eigenvalue weighted by Crippen LogP contribution is 2.31. The van der Waals surface area contributed by atoms with E-state index >= 15 is 0 Å². The molecule has 0 radical (unpaired) electrons. The number of carbonyl (C=O) groups is 1. The zero-order chi connectivity index (χ0) is 15.1. The number of hydrogen-bond acceptors (Lipinski definition) is 2. The number of imidazole rings is 1. The monoisotopic (exact) mass is 327 g/mol. The molecule has 4 rings (SSSR count). The Kier molecular flexibility index (Phi) is 4.09. The number of aryl methyl sites for hydroxylation is 1. The van der Waals surface area contributed by atoms with Crippen LogP contribution in [-0.2, 0) is 4.79 Å². The van der Waals surface area contributed by atoms with Crippen LogP contribution < -0.4 is 5.32 Å². The zero-order valence-electron chi connectivity index (χ0n) is 12.8. The molecule has 2 aromatic carbocycles. The maximum Gasteiger partial charge on any atom is 0.227 e. The number of carbonyl (C=O) groups excluding carboxylic acids is 1. The summed E-state index contributed by atoms with van der Waals surface area (Å²) < 4.78 is 0. The number of hydrogen-bond donors (Lipinski definition) is 2. The molecule has 1 fully saturated rings. The van der Waals surface area contributed by atoms with E-state index in [9.17, 15) is 4.79 Å². The lowest BCUT2D eigenvalue weighted by Gasteiger charge is -2.05. The maximum atomic E-state index is 11.9. The predicted molar refractivity (Wildman–Crippen MR) is 94.9 cm³/mol. The van der Waals surface area contributed by atoms with Gasteiger partial charge < -0.3 is 10.3 Å². The van der Waals surface area contributed by atoms with E-state index in [0.29, 0.717) is 0 Å². The molecular formula is C18H18ClN3O. The number of anilines is 1. The summed E-state index contributed by atoms with van der Waals surface area (Å²) in [4.78, 5) is 19.8. The van der Waals surface area contributed by atoms with Gasteiger partial charge in [-0.25, -0.2) is 4.98 Å². The molecule has 0 spiro atoms. The van der Waals surface area contributed by atoms with E-state index in [4.69, 9.17) is 0 Å². The van der Waals surface area contributed by atoms with Crippen molar-refractivity contribution in [2.75, 3.05) is 5.32 Å². The Morgan fingerprint density at radius 2 is 2.04 bits per heavy atom. The van der Waals surface area contributed by atoms with Crippen LogP contribution in [0.25, 0.3) is 22.4 Å². The van der Waals surface area contributed by atoms with Crippen LogP contribution in [0.5, 0.6) is 0 Å². The molecule has 1 amide bonds. The van der Waals surface area contributed by atoms with Gasteiger partial charge in [0.05, 0.1) is 11.0 Å². The molecule has 5 heteroatoms. The zero-order valence-corrected chi connectivity index (χ0v) is 13.6. The molecule has 23 heavy (non-hydrogen) atoms. The Labute approximate surface area is 140 Å². The minimum absolute atomic E-state index is 0. The molecule has 1 heterocycles. The third kappa shape index (κ3) is 3.22. The first kappa shape index (κ1) is 15.6. The highest BCUT2D eigenvalue weighted by atomic mass is 35.5. The number of nitrogens with one attached hydrogen (secondary N) is 2. The average molecular weight is 328 g/mol. The summed E-state index contributed by atoms with van der Waals surface area (Å²) in [5.74, 6) is 1.15. The van der Waals surface area contributed by atoms with Crippen LogP contribution in [0.4, 0.5) is 5.69 Å². The van der Waals surface area contributed by atoms with E-state index in [0.717, 1.165) is 41.0 Å². The van der Waals surface area contributed by atoms with Gasteiger partial charge in [0.25, 0.3) is 0 Å². The molecule has 1 aliphatic rings. The number of nitrogens with zero attached hydrogens (tertiary/aromatic N) is 1. The van der Waals surface area contributed by atoms with Crippen molar-refractivity contribution in [3.63, 3.8) is 0 Å². The second kappa shape index (κ2) is 6.05. The van der Waals surface area contributed by atoms with Crippen LogP contribution in [0.2, 0.25) is 0 Å². The molecule has 3 aromatic rings. The Balaban J connectivity index is 0.00000156. The molecule has 1 aromatic heterocycles.